The Morgan fingerprint density at radius 2 is 2.00 bits per heavy atom. The van der Waals surface area contributed by atoms with Gasteiger partial charge in [0.2, 0.25) is 11.8 Å². The lowest BCUT2D eigenvalue weighted by atomic mass is 10.0. The number of halogens is 1. The predicted octanol–water partition coefficient (Wildman–Crippen LogP) is -1.10. The van der Waals surface area contributed by atoms with E-state index in [0.717, 1.165) is 4.90 Å². The number of nitrogens with two attached hydrogens (primary N) is 1. The highest BCUT2D eigenvalue weighted by Gasteiger charge is 2.46. The summed E-state index contributed by atoms with van der Waals surface area (Å²) >= 11 is 0. The first-order valence-electron chi connectivity index (χ1n) is 9.96. The second kappa shape index (κ2) is 11.0. The summed E-state index contributed by atoms with van der Waals surface area (Å²) in [7, 11) is 1.89. The van der Waals surface area contributed by atoms with Gasteiger partial charge in [-0.3, -0.25) is 34.2 Å². The number of hydrogen-bond acceptors (Lipinski definition) is 8. The molecule has 0 aliphatic carbocycles. The van der Waals surface area contributed by atoms with Gasteiger partial charge in [0.15, 0.2) is 6.61 Å². The van der Waals surface area contributed by atoms with Gasteiger partial charge in [0, 0.05) is 32.6 Å². The molecule has 0 bridgehead atoms. The fraction of sp³-hybridized carbons (Fsp3) is 0.450. The maximum absolute atomic E-state index is 13.0. The van der Waals surface area contributed by atoms with Gasteiger partial charge in [-0.1, -0.05) is 6.07 Å². The van der Waals surface area contributed by atoms with Crippen molar-refractivity contribution in [2.24, 2.45) is 5.73 Å². The first-order valence-corrected chi connectivity index (χ1v) is 9.96. The number of hydrogen-bond donors (Lipinski definition) is 3. The normalized spacial score (nSPS) is 17.7. The highest BCUT2D eigenvalue weighted by Crippen LogP contribution is 2.33. The number of ether oxygens (including phenoxy) is 1. The van der Waals surface area contributed by atoms with Crippen LogP contribution in [0.15, 0.2) is 18.2 Å². The van der Waals surface area contributed by atoms with E-state index in [4.69, 9.17) is 10.5 Å². The summed E-state index contributed by atoms with van der Waals surface area (Å²) in [6.07, 6.45) is 0.0984. The molecule has 1 unspecified atom stereocenters. The molecule has 2 aliphatic rings. The van der Waals surface area contributed by atoms with Gasteiger partial charge in [0.05, 0.1) is 11.1 Å². The Morgan fingerprint density at radius 1 is 1.25 bits per heavy atom. The van der Waals surface area contributed by atoms with Crippen LogP contribution < -0.4 is 21.1 Å². The van der Waals surface area contributed by atoms with Gasteiger partial charge in [-0.2, -0.15) is 0 Å². The largest absolute Gasteiger partial charge is 0.483 e. The van der Waals surface area contributed by atoms with Crippen LogP contribution in [0.1, 0.15) is 33.6 Å². The van der Waals surface area contributed by atoms with Gasteiger partial charge in [-0.05, 0) is 25.6 Å². The van der Waals surface area contributed by atoms with E-state index in [1.807, 2.05) is 11.9 Å². The number of imide groups is 2. The molecule has 32 heavy (non-hydrogen) atoms. The van der Waals surface area contributed by atoms with Crippen LogP contribution in [0.4, 0.5) is 0 Å². The summed E-state index contributed by atoms with van der Waals surface area (Å²) < 4.78 is 5.51. The summed E-state index contributed by atoms with van der Waals surface area (Å²) in [5, 5.41) is 4.85. The Kier molecular flexibility index (Phi) is 8.70. The van der Waals surface area contributed by atoms with E-state index in [-0.39, 0.29) is 54.6 Å². The summed E-state index contributed by atoms with van der Waals surface area (Å²) in [5.41, 5.74) is 5.57. The number of likely N-dealkylation sites (N-methyl/N-ethyl adjacent to an activating group) is 1. The molecular formula is C20H26ClN5O6. The molecule has 0 aromatic heterocycles. The van der Waals surface area contributed by atoms with E-state index in [2.05, 4.69) is 10.6 Å². The molecule has 1 aromatic carbocycles. The van der Waals surface area contributed by atoms with Gasteiger partial charge < -0.3 is 20.7 Å². The summed E-state index contributed by atoms with van der Waals surface area (Å²) in [4.78, 5) is 64.1. The predicted molar refractivity (Wildman–Crippen MR) is 115 cm³/mol. The lowest BCUT2D eigenvalue weighted by Crippen LogP contribution is -2.54. The number of nitrogens with one attached hydrogen (secondary N) is 2. The Balaban J connectivity index is 0.00000363. The van der Waals surface area contributed by atoms with Gasteiger partial charge in [0.25, 0.3) is 17.7 Å². The quantitative estimate of drug-likeness (QED) is 0.387. The van der Waals surface area contributed by atoms with Crippen LogP contribution in [0.3, 0.4) is 0 Å². The average molecular weight is 468 g/mol. The maximum atomic E-state index is 13.0. The summed E-state index contributed by atoms with van der Waals surface area (Å²) in [6, 6.07) is 3.42. The molecule has 11 nitrogen and oxygen atoms in total. The molecule has 12 heteroatoms. The molecule has 3 rings (SSSR count). The van der Waals surface area contributed by atoms with E-state index >= 15 is 0 Å². The number of fused-ring (bicyclic) bond motifs is 1. The molecule has 174 valence electrons. The standard InChI is InChI=1S/C20H25N5O6.ClH/c1-24(9-7-21)10-8-22-16(27)11-31-14-4-2-3-12-17(14)20(30)25(19(12)29)13-5-6-15(26)23-18(13)28;/h2-4,13H,5-11,21H2,1H3,(H,22,27)(H,23,26,28);1H. The van der Waals surface area contributed by atoms with Gasteiger partial charge in [-0.25, -0.2) is 0 Å². The third kappa shape index (κ3) is 5.42. The molecule has 1 aromatic rings. The number of piperidine rings is 1. The number of nitrogens with zero attached hydrogens (tertiary/aromatic N) is 2. The molecule has 2 aliphatic heterocycles. The van der Waals surface area contributed by atoms with Crippen LogP contribution >= 0.6 is 12.4 Å². The van der Waals surface area contributed by atoms with Crippen molar-refractivity contribution in [3.63, 3.8) is 0 Å². The highest BCUT2D eigenvalue weighted by molar-refractivity contribution is 6.24. The maximum Gasteiger partial charge on any atom is 0.266 e. The van der Waals surface area contributed by atoms with Gasteiger partial charge in [0.1, 0.15) is 11.8 Å². The Bertz CT molecular complexity index is 924. The third-order valence-corrected chi connectivity index (χ3v) is 5.12. The number of benzene rings is 1. The third-order valence-electron chi connectivity index (χ3n) is 5.12. The van der Waals surface area contributed by atoms with E-state index < -0.39 is 29.7 Å². The van der Waals surface area contributed by atoms with Crippen LogP contribution in [0, 0.1) is 0 Å². The molecule has 2 heterocycles. The van der Waals surface area contributed by atoms with Crippen LogP contribution in [0.2, 0.25) is 0 Å². The monoisotopic (exact) mass is 467 g/mol. The summed E-state index contributed by atoms with van der Waals surface area (Å²) in [6.45, 7) is 1.93. The fourth-order valence-electron chi connectivity index (χ4n) is 3.52. The van der Waals surface area contributed by atoms with Crippen LogP contribution in [0.5, 0.6) is 5.75 Å². The lowest BCUT2D eigenvalue weighted by molar-refractivity contribution is -0.136. The van der Waals surface area contributed by atoms with Gasteiger partial charge >= 0.3 is 0 Å². The first-order chi connectivity index (χ1) is 14.8. The van der Waals surface area contributed by atoms with E-state index in [1.165, 1.54) is 18.2 Å². The van der Waals surface area contributed by atoms with Crippen LogP contribution in [-0.4, -0.2) is 85.2 Å². The Morgan fingerprint density at radius 3 is 2.69 bits per heavy atom. The Hall–Kier alpha value is -3.02. The average Bonchev–Trinajstić information content (AvgIpc) is 2.98. The number of carbonyl (C=O) groups excluding carboxylic acids is 5. The molecule has 0 radical (unpaired) electrons. The molecule has 1 fully saturated rings. The topological polar surface area (TPSA) is 151 Å². The molecular weight excluding hydrogens is 442 g/mol. The van der Waals surface area contributed by atoms with E-state index in [0.29, 0.717) is 26.2 Å². The second-order valence-electron chi connectivity index (χ2n) is 7.36. The minimum Gasteiger partial charge on any atom is -0.483 e. The number of rotatable bonds is 9. The molecule has 5 amide bonds. The number of carbonyl (C=O) groups is 5. The van der Waals surface area contributed by atoms with Gasteiger partial charge in [-0.15, -0.1) is 12.4 Å². The van der Waals surface area contributed by atoms with Crippen molar-refractivity contribution in [2.45, 2.75) is 18.9 Å². The SMILES string of the molecule is CN(CCN)CCNC(=O)COc1cccc2c1C(=O)N(C1CCC(=O)NC1=O)C2=O.Cl. The lowest BCUT2D eigenvalue weighted by Gasteiger charge is -2.27. The molecule has 0 saturated carbocycles. The van der Waals surface area contributed by atoms with Crippen LogP contribution in [0.25, 0.3) is 0 Å². The van der Waals surface area contributed by atoms with Crippen molar-refractivity contribution in [1.82, 2.24) is 20.4 Å². The van der Waals surface area contributed by atoms with Crippen molar-refractivity contribution >= 4 is 41.9 Å². The van der Waals surface area contributed by atoms with Crippen molar-refractivity contribution in [1.29, 1.82) is 0 Å². The van der Waals surface area contributed by atoms with Crippen LogP contribution in [-0.2, 0) is 14.4 Å². The molecule has 4 N–H and O–H groups in total. The minimum absolute atomic E-state index is 0. The van der Waals surface area contributed by atoms with E-state index in [9.17, 15) is 24.0 Å². The zero-order chi connectivity index (χ0) is 22.5. The smallest absolute Gasteiger partial charge is 0.266 e. The van der Waals surface area contributed by atoms with Crippen molar-refractivity contribution < 1.29 is 28.7 Å². The molecule has 1 atom stereocenters. The Labute approximate surface area is 191 Å². The van der Waals surface area contributed by atoms with Crippen molar-refractivity contribution in [3.8, 4) is 5.75 Å². The molecule has 0 spiro atoms. The fourth-order valence-corrected chi connectivity index (χ4v) is 3.52. The van der Waals surface area contributed by atoms with Crippen molar-refractivity contribution in [2.75, 3.05) is 39.8 Å². The highest BCUT2D eigenvalue weighted by atomic mass is 35.5. The zero-order valence-electron chi connectivity index (χ0n) is 17.6. The zero-order valence-corrected chi connectivity index (χ0v) is 18.4. The molecule has 1 saturated heterocycles. The van der Waals surface area contributed by atoms with E-state index in [1.54, 1.807) is 0 Å². The van der Waals surface area contributed by atoms with Crippen molar-refractivity contribution in [3.05, 3.63) is 29.3 Å². The first kappa shape index (κ1) is 25.2. The minimum atomic E-state index is -1.06. The number of amides is 5. The second-order valence-corrected chi connectivity index (χ2v) is 7.36. The summed E-state index contributed by atoms with van der Waals surface area (Å²) in [5.74, 6) is -2.74.